The molecule has 0 aliphatic rings. The van der Waals surface area contributed by atoms with E-state index in [0.29, 0.717) is 23.3 Å². The van der Waals surface area contributed by atoms with E-state index < -0.39 is 35.3 Å². The van der Waals surface area contributed by atoms with Crippen molar-refractivity contribution in [2.24, 2.45) is 7.05 Å². The topological polar surface area (TPSA) is 80.6 Å². The predicted octanol–water partition coefficient (Wildman–Crippen LogP) is 6.83. The Morgan fingerprint density at radius 1 is 1.02 bits per heavy atom. The number of benzene rings is 3. The minimum atomic E-state index is -4.46. The number of carboxylic acid groups (broad SMARTS) is 1. The van der Waals surface area contributed by atoms with Gasteiger partial charge in [-0.2, -0.15) is 13.2 Å². The van der Waals surface area contributed by atoms with Gasteiger partial charge in [0.1, 0.15) is 5.75 Å². The monoisotopic (exact) mass is 552 g/mol. The van der Waals surface area contributed by atoms with Crippen LogP contribution in [0.2, 0.25) is 0 Å². The van der Waals surface area contributed by atoms with E-state index in [1.165, 1.54) is 19.9 Å². The fourth-order valence-corrected chi connectivity index (χ4v) is 4.62. The molecule has 0 aliphatic carbocycles. The van der Waals surface area contributed by atoms with Crippen molar-refractivity contribution < 1.29 is 32.6 Å². The largest absolute Gasteiger partial charge is 0.478 e. The van der Waals surface area contributed by atoms with E-state index in [1.54, 1.807) is 31.2 Å². The number of rotatable bonds is 8. The highest BCUT2D eigenvalue weighted by Gasteiger charge is 2.31. The van der Waals surface area contributed by atoms with Crippen LogP contribution in [0.3, 0.4) is 0 Å². The number of hydrogen-bond donors (Lipinski definition) is 2. The molecule has 0 aliphatic heterocycles. The van der Waals surface area contributed by atoms with Crippen LogP contribution in [0.15, 0.2) is 66.7 Å². The van der Waals surface area contributed by atoms with Crippen molar-refractivity contribution in [2.45, 2.75) is 51.9 Å². The van der Waals surface area contributed by atoms with Gasteiger partial charge in [-0.3, -0.25) is 4.79 Å². The SMILES string of the molecule is Cc1c(Cc2cccc(OC(C)(C)C(=O)O)c2)c2ccc(C(=O)N[C@@H](C)c3cccc(C(F)(F)F)c3)cc2n1C. The van der Waals surface area contributed by atoms with Gasteiger partial charge in [0.2, 0.25) is 0 Å². The van der Waals surface area contributed by atoms with Crippen LogP contribution in [-0.4, -0.2) is 27.2 Å². The van der Waals surface area contributed by atoms with E-state index in [2.05, 4.69) is 5.32 Å². The summed E-state index contributed by atoms with van der Waals surface area (Å²) in [4.78, 5) is 24.5. The molecule has 4 rings (SSSR count). The first-order chi connectivity index (χ1) is 18.7. The molecule has 40 heavy (non-hydrogen) atoms. The van der Waals surface area contributed by atoms with Crippen molar-refractivity contribution >= 4 is 22.8 Å². The number of nitrogens with zero attached hydrogens (tertiary/aromatic N) is 1. The molecular formula is C31H31F3N2O4. The number of aryl methyl sites for hydroxylation is 1. The number of hydrogen-bond acceptors (Lipinski definition) is 3. The van der Waals surface area contributed by atoms with Gasteiger partial charge in [-0.15, -0.1) is 0 Å². The number of nitrogens with one attached hydrogen (secondary N) is 1. The van der Waals surface area contributed by atoms with Gasteiger partial charge >= 0.3 is 12.1 Å². The fraction of sp³-hybridized carbons (Fsp3) is 0.290. The number of amides is 1. The number of fused-ring (bicyclic) bond motifs is 1. The number of carboxylic acids is 1. The number of ether oxygens (including phenoxy) is 1. The number of aliphatic carboxylic acids is 1. The van der Waals surface area contributed by atoms with E-state index in [0.717, 1.165) is 39.9 Å². The van der Waals surface area contributed by atoms with Crippen LogP contribution in [0.25, 0.3) is 10.9 Å². The summed E-state index contributed by atoms with van der Waals surface area (Å²) < 4.78 is 47.0. The number of carbonyl (C=O) groups is 2. The minimum absolute atomic E-state index is 0.360. The van der Waals surface area contributed by atoms with Crippen molar-refractivity contribution in [3.63, 3.8) is 0 Å². The maximum atomic E-state index is 13.1. The quantitative estimate of drug-likeness (QED) is 0.251. The van der Waals surface area contributed by atoms with Gasteiger partial charge in [-0.05, 0) is 87.2 Å². The van der Waals surface area contributed by atoms with Crippen molar-refractivity contribution in [1.29, 1.82) is 0 Å². The first-order valence-electron chi connectivity index (χ1n) is 12.7. The van der Waals surface area contributed by atoms with Gasteiger partial charge in [0.05, 0.1) is 11.6 Å². The number of carbonyl (C=O) groups excluding carboxylic acids is 1. The van der Waals surface area contributed by atoms with Gasteiger partial charge in [0.25, 0.3) is 5.91 Å². The summed E-state index contributed by atoms with van der Waals surface area (Å²) >= 11 is 0. The molecule has 1 atom stereocenters. The Hall–Kier alpha value is -4.27. The summed E-state index contributed by atoms with van der Waals surface area (Å²) in [6.45, 7) is 6.61. The lowest BCUT2D eigenvalue weighted by Crippen LogP contribution is -2.37. The predicted molar refractivity (Wildman–Crippen MR) is 147 cm³/mol. The van der Waals surface area contributed by atoms with E-state index in [4.69, 9.17) is 4.74 Å². The van der Waals surface area contributed by atoms with Gasteiger partial charge in [-0.1, -0.05) is 30.3 Å². The van der Waals surface area contributed by atoms with Gasteiger partial charge in [-0.25, -0.2) is 4.79 Å². The van der Waals surface area contributed by atoms with Crippen LogP contribution >= 0.6 is 0 Å². The average Bonchev–Trinajstić information content (AvgIpc) is 3.12. The standard InChI is InChI=1S/C31H31F3N2O4/c1-18(21-9-7-10-23(16-21)31(32,33)34)35-28(37)22-12-13-25-26(19(2)36(5)27(25)17-22)15-20-8-6-11-24(14-20)40-30(3,4)29(38)39/h6-14,16-18H,15H2,1-5H3,(H,35,37)(H,38,39)/t18-/m0/s1. The Morgan fingerprint density at radius 2 is 1.73 bits per heavy atom. The molecule has 3 aromatic carbocycles. The normalized spacial score (nSPS) is 12.8. The number of aromatic nitrogens is 1. The van der Waals surface area contributed by atoms with Crippen LogP contribution in [0, 0.1) is 6.92 Å². The third-order valence-electron chi connectivity index (χ3n) is 7.12. The third kappa shape index (κ3) is 5.98. The molecule has 1 heterocycles. The number of halogens is 3. The molecule has 0 unspecified atom stereocenters. The second-order valence-electron chi connectivity index (χ2n) is 10.4. The Morgan fingerprint density at radius 3 is 2.40 bits per heavy atom. The van der Waals surface area contributed by atoms with Crippen molar-refractivity contribution in [2.75, 3.05) is 0 Å². The summed E-state index contributed by atoms with van der Waals surface area (Å²) in [7, 11) is 1.91. The first-order valence-corrected chi connectivity index (χ1v) is 12.7. The molecule has 0 radical (unpaired) electrons. The van der Waals surface area contributed by atoms with Crippen LogP contribution in [-0.2, 0) is 24.4 Å². The highest BCUT2D eigenvalue weighted by Crippen LogP contribution is 2.32. The molecule has 2 N–H and O–H groups in total. The molecule has 210 valence electrons. The zero-order chi connectivity index (χ0) is 29.4. The molecule has 0 saturated carbocycles. The summed E-state index contributed by atoms with van der Waals surface area (Å²) in [5.41, 5.74) is 2.45. The molecule has 0 spiro atoms. The van der Waals surface area contributed by atoms with Crippen LogP contribution in [0.1, 0.15) is 65.1 Å². The van der Waals surface area contributed by atoms with E-state index >= 15 is 0 Å². The zero-order valence-electron chi connectivity index (χ0n) is 22.9. The van der Waals surface area contributed by atoms with Crippen LogP contribution in [0.4, 0.5) is 13.2 Å². The first kappa shape index (κ1) is 28.7. The Balaban J connectivity index is 1.57. The molecule has 9 heteroatoms. The van der Waals surface area contributed by atoms with Crippen LogP contribution < -0.4 is 10.1 Å². The van der Waals surface area contributed by atoms with Crippen molar-refractivity contribution in [3.8, 4) is 5.75 Å². The smallest absolute Gasteiger partial charge is 0.416 e. The fourth-order valence-electron chi connectivity index (χ4n) is 4.62. The summed E-state index contributed by atoms with van der Waals surface area (Å²) in [6, 6.07) is 16.9. The maximum absolute atomic E-state index is 13.1. The maximum Gasteiger partial charge on any atom is 0.416 e. The second-order valence-corrected chi connectivity index (χ2v) is 10.4. The van der Waals surface area contributed by atoms with Gasteiger partial charge in [0.15, 0.2) is 5.60 Å². The lowest BCUT2D eigenvalue weighted by atomic mass is 10.0. The molecular weight excluding hydrogens is 521 g/mol. The van der Waals surface area contributed by atoms with Gasteiger partial charge in [0, 0.05) is 29.2 Å². The van der Waals surface area contributed by atoms with Crippen LogP contribution in [0.5, 0.6) is 5.75 Å². The molecule has 1 amide bonds. The average molecular weight is 553 g/mol. The van der Waals surface area contributed by atoms with Crippen molar-refractivity contribution in [1.82, 2.24) is 9.88 Å². The molecule has 0 fully saturated rings. The Bertz CT molecular complexity index is 1590. The third-order valence-corrected chi connectivity index (χ3v) is 7.12. The molecule has 0 bridgehead atoms. The molecule has 1 aromatic heterocycles. The Labute approximate surface area is 230 Å². The lowest BCUT2D eigenvalue weighted by Gasteiger charge is -2.21. The highest BCUT2D eigenvalue weighted by molar-refractivity contribution is 5.99. The van der Waals surface area contributed by atoms with E-state index in [9.17, 15) is 27.9 Å². The van der Waals surface area contributed by atoms with Gasteiger partial charge < -0.3 is 19.7 Å². The van der Waals surface area contributed by atoms with E-state index in [-0.39, 0.29) is 0 Å². The Kier molecular flexibility index (Phi) is 7.70. The molecule has 6 nitrogen and oxygen atoms in total. The van der Waals surface area contributed by atoms with Crippen molar-refractivity contribution in [3.05, 3.63) is 100 Å². The number of alkyl halides is 3. The minimum Gasteiger partial charge on any atom is -0.478 e. The summed E-state index contributed by atoms with van der Waals surface area (Å²) in [5, 5.41) is 13.1. The molecule has 0 saturated heterocycles. The summed E-state index contributed by atoms with van der Waals surface area (Å²) in [5.74, 6) is -0.999. The molecule has 4 aromatic rings. The summed E-state index contributed by atoms with van der Waals surface area (Å²) in [6.07, 6.45) is -3.90. The second kappa shape index (κ2) is 10.7. The zero-order valence-corrected chi connectivity index (χ0v) is 22.9. The highest BCUT2D eigenvalue weighted by atomic mass is 19.4. The lowest BCUT2D eigenvalue weighted by molar-refractivity contribution is -0.152. The van der Waals surface area contributed by atoms with E-state index in [1.807, 2.05) is 42.8 Å².